The van der Waals surface area contributed by atoms with E-state index >= 15 is 0 Å². The number of pyridine rings is 2. The summed E-state index contributed by atoms with van der Waals surface area (Å²) in [5.41, 5.74) is 13.6. The Morgan fingerprint density at radius 3 is 2.41 bits per heavy atom. The van der Waals surface area contributed by atoms with Gasteiger partial charge in [0.25, 0.3) is 0 Å². The Hall–Kier alpha value is -2.63. The molecule has 2 saturated heterocycles. The van der Waals surface area contributed by atoms with Crippen LogP contribution < -0.4 is 22.2 Å². The number of nitrogens with zero attached hydrogens (tertiary/aromatic N) is 2. The number of rotatable bonds is 4. The van der Waals surface area contributed by atoms with Crippen LogP contribution in [-0.4, -0.2) is 45.4 Å². The van der Waals surface area contributed by atoms with Crippen LogP contribution in [0.1, 0.15) is 48.8 Å². The Bertz CT molecular complexity index is 1100. The van der Waals surface area contributed by atoms with Gasteiger partial charge in [0.1, 0.15) is 21.5 Å². The molecule has 1 unspecified atom stereocenters. The third kappa shape index (κ3) is 4.32. The topological polar surface area (TPSA) is 73.1 Å². The number of nitrogen functional groups attached to an aromatic ring is 1. The fourth-order valence-corrected chi connectivity index (χ4v) is 4.98. The van der Waals surface area contributed by atoms with E-state index in [0.717, 1.165) is 54.9 Å². The van der Waals surface area contributed by atoms with Crippen molar-refractivity contribution in [3.05, 3.63) is 53.7 Å². The van der Waals surface area contributed by atoms with Crippen LogP contribution in [0.4, 0.5) is 5.82 Å². The van der Waals surface area contributed by atoms with Gasteiger partial charge in [-0.25, -0.2) is 4.98 Å². The number of hydrogen-bond acceptors (Lipinski definition) is 5. The first-order valence-electron chi connectivity index (χ1n) is 11.3. The fraction of sp³-hybridized carbons (Fsp3) is 0.360. The molecule has 158 valence electrons. The first kappa shape index (κ1) is 21.2. The van der Waals surface area contributed by atoms with Gasteiger partial charge in [-0.15, -0.1) is 0 Å². The van der Waals surface area contributed by atoms with Crippen LogP contribution in [0.2, 0.25) is 0 Å². The van der Waals surface area contributed by atoms with E-state index in [1.807, 2.05) is 6.20 Å². The number of nitrogens with one attached hydrogen (secondary N) is 1. The number of anilines is 1. The molecule has 1 aromatic carbocycles. The predicted octanol–water partition coefficient (Wildman–Crippen LogP) is 2.30. The van der Waals surface area contributed by atoms with Gasteiger partial charge in [0.05, 0.1) is 0 Å². The molecule has 4 radical (unpaired) electrons. The minimum absolute atomic E-state index is 0.361. The Morgan fingerprint density at radius 2 is 1.69 bits per heavy atom. The molecular formula is C25H26B2N4O. The molecule has 2 aliphatic rings. The maximum absolute atomic E-state index is 6.22. The lowest BCUT2D eigenvalue weighted by Gasteiger charge is -2.27. The lowest BCUT2D eigenvalue weighted by Crippen LogP contribution is -2.20. The summed E-state index contributed by atoms with van der Waals surface area (Å²) in [5, 5.41) is 3.69. The zero-order valence-corrected chi connectivity index (χ0v) is 18.2. The van der Waals surface area contributed by atoms with Crippen LogP contribution in [0.5, 0.6) is 0 Å². The molecule has 4 heterocycles. The van der Waals surface area contributed by atoms with Crippen molar-refractivity contribution >= 4 is 32.7 Å². The van der Waals surface area contributed by atoms with E-state index in [0.29, 0.717) is 29.0 Å². The molecule has 3 aromatic rings. The molecule has 1 atom stereocenters. The summed E-state index contributed by atoms with van der Waals surface area (Å²) in [6, 6.07) is 12.8. The van der Waals surface area contributed by atoms with Crippen LogP contribution in [0.25, 0.3) is 22.3 Å². The Kier molecular flexibility index (Phi) is 6.03. The average molecular weight is 420 g/mol. The standard InChI is InChI=1S/C25H26B2N4O/c26-23-12-17(13-24(27)31-23)20-11-18(14-30-25(20)28)16-3-4-19(15-5-8-32-9-6-15)21(10-16)22-2-1-7-29-22/h3-4,10-15,22,29H,1-2,5-9H2,(H2,28,30). The molecule has 2 aliphatic heterocycles. The second-order valence-electron chi connectivity index (χ2n) is 8.74. The van der Waals surface area contributed by atoms with Crippen LogP contribution in [0.3, 0.4) is 0 Å². The Balaban J connectivity index is 1.56. The van der Waals surface area contributed by atoms with Gasteiger partial charge >= 0.3 is 0 Å². The zero-order chi connectivity index (χ0) is 22.1. The van der Waals surface area contributed by atoms with Crippen molar-refractivity contribution in [1.82, 2.24) is 15.3 Å². The molecule has 0 bridgehead atoms. The molecule has 0 saturated carbocycles. The van der Waals surface area contributed by atoms with Crippen molar-refractivity contribution in [3.63, 3.8) is 0 Å². The molecule has 5 rings (SSSR count). The molecule has 2 aromatic heterocycles. The summed E-state index contributed by atoms with van der Waals surface area (Å²) in [5.74, 6) is 0.994. The lowest BCUT2D eigenvalue weighted by molar-refractivity contribution is 0.0851. The predicted molar refractivity (Wildman–Crippen MR) is 131 cm³/mol. The van der Waals surface area contributed by atoms with Gasteiger partial charge in [0, 0.05) is 36.6 Å². The summed E-state index contributed by atoms with van der Waals surface area (Å²) >= 11 is 0. The van der Waals surface area contributed by atoms with E-state index in [4.69, 9.17) is 26.2 Å². The van der Waals surface area contributed by atoms with Crippen molar-refractivity contribution in [2.24, 2.45) is 0 Å². The molecule has 7 heteroatoms. The highest BCUT2D eigenvalue weighted by Gasteiger charge is 2.25. The molecule has 32 heavy (non-hydrogen) atoms. The number of benzene rings is 1. The second-order valence-corrected chi connectivity index (χ2v) is 8.74. The molecule has 2 fully saturated rings. The maximum atomic E-state index is 6.22. The molecule has 3 N–H and O–H groups in total. The van der Waals surface area contributed by atoms with E-state index in [2.05, 4.69) is 39.6 Å². The van der Waals surface area contributed by atoms with Gasteiger partial charge in [-0.05, 0) is 95.9 Å². The summed E-state index contributed by atoms with van der Waals surface area (Å²) in [6.45, 7) is 2.75. The molecule has 0 spiro atoms. The van der Waals surface area contributed by atoms with Crippen molar-refractivity contribution in [2.75, 3.05) is 25.5 Å². The Labute approximate surface area is 192 Å². The number of nitrogens with two attached hydrogens (primary N) is 1. The van der Waals surface area contributed by atoms with E-state index in [1.54, 1.807) is 12.1 Å². The van der Waals surface area contributed by atoms with E-state index < -0.39 is 0 Å². The first-order valence-corrected chi connectivity index (χ1v) is 11.3. The normalized spacial score (nSPS) is 19.3. The Morgan fingerprint density at radius 1 is 0.906 bits per heavy atom. The van der Waals surface area contributed by atoms with Crippen molar-refractivity contribution < 1.29 is 4.74 Å². The molecular weight excluding hydrogens is 394 g/mol. The summed E-state index contributed by atoms with van der Waals surface area (Å²) in [4.78, 5) is 8.53. The second kappa shape index (κ2) is 9.08. The van der Waals surface area contributed by atoms with Crippen LogP contribution >= 0.6 is 0 Å². The van der Waals surface area contributed by atoms with Crippen molar-refractivity contribution in [1.29, 1.82) is 0 Å². The van der Waals surface area contributed by atoms with Gasteiger partial charge in [-0.1, -0.05) is 12.1 Å². The number of hydrogen-bond donors (Lipinski definition) is 2. The zero-order valence-electron chi connectivity index (χ0n) is 18.2. The van der Waals surface area contributed by atoms with Gasteiger partial charge in [-0.3, -0.25) is 4.98 Å². The summed E-state index contributed by atoms with van der Waals surface area (Å²) in [7, 11) is 11.8. The van der Waals surface area contributed by atoms with E-state index in [9.17, 15) is 0 Å². The van der Waals surface area contributed by atoms with Crippen LogP contribution in [0, 0.1) is 0 Å². The smallest absolute Gasteiger partial charge is 0.141 e. The van der Waals surface area contributed by atoms with Gasteiger partial charge in [0.15, 0.2) is 0 Å². The first-order chi connectivity index (χ1) is 15.6. The van der Waals surface area contributed by atoms with Gasteiger partial charge < -0.3 is 15.8 Å². The van der Waals surface area contributed by atoms with Crippen LogP contribution in [-0.2, 0) is 4.74 Å². The molecule has 0 amide bonds. The highest BCUT2D eigenvalue weighted by Crippen LogP contribution is 2.38. The van der Waals surface area contributed by atoms with E-state index in [1.165, 1.54) is 24.0 Å². The highest BCUT2D eigenvalue weighted by molar-refractivity contribution is 6.35. The monoisotopic (exact) mass is 420 g/mol. The lowest BCUT2D eigenvalue weighted by atomic mass is 9.84. The summed E-state index contributed by atoms with van der Waals surface area (Å²) < 4.78 is 5.60. The highest BCUT2D eigenvalue weighted by atomic mass is 16.5. The van der Waals surface area contributed by atoms with Crippen LogP contribution in [0.15, 0.2) is 42.6 Å². The summed E-state index contributed by atoms with van der Waals surface area (Å²) in [6.07, 6.45) is 6.37. The number of ether oxygens (including phenoxy) is 1. The third-order valence-electron chi connectivity index (χ3n) is 6.61. The van der Waals surface area contributed by atoms with Gasteiger partial charge in [0.2, 0.25) is 0 Å². The minimum Gasteiger partial charge on any atom is -0.383 e. The SMILES string of the molecule is [B]c1cc(-c2cc(-c3ccc(C4CCOCC4)c(C4CCCN4)c3)cnc2N)cc([B])n1. The fourth-order valence-electron chi connectivity index (χ4n) is 4.98. The van der Waals surface area contributed by atoms with Crippen molar-refractivity contribution in [3.8, 4) is 22.3 Å². The van der Waals surface area contributed by atoms with E-state index in [-0.39, 0.29) is 0 Å². The van der Waals surface area contributed by atoms with Crippen molar-refractivity contribution in [2.45, 2.75) is 37.6 Å². The number of aromatic nitrogens is 2. The molecule has 5 nitrogen and oxygen atoms in total. The molecule has 0 aliphatic carbocycles. The maximum Gasteiger partial charge on any atom is 0.141 e. The third-order valence-corrected chi connectivity index (χ3v) is 6.61. The minimum atomic E-state index is 0.361. The quantitative estimate of drug-likeness (QED) is 0.634. The largest absolute Gasteiger partial charge is 0.383 e. The van der Waals surface area contributed by atoms with Gasteiger partial charge in [-0.2, -0.15) is 0 Å². The average Bonchev–Trinajstić information content (AvgIpc) is 3.34.